The summed E-state index contributed by atoms with van der Waals surface area (Å²) in [6.07, 6.45) is 2.03. The van der Waals surface area contributed by atoms with Crippen LogP contribution in [0.4, 0.5) is 5.69 Å². The first kappa shape index (κ1) is 16.9. The Bertz CT molecular complexity index is 644. The van der Waals surface area contributed by atoms with E-state index in [0.717, 1.165) is 51.8 Å². The van der Waals surface area contributed by atoms with Gasteiger partial charge < -0.3 is 20.5 Å². The number of nitrogens with one attached hydrogen (secondary N) is 1. The van der Waals surface area contributed by atoms with Crippen molar-refractivity contribution in [1.82, 2.24) is 0 Å². The minimum Gasteiger partial charge on any atom is -0.493 e. The van der Waals surface area contributed by atoms with Crippen molar-refractivity contribution in [2.45, 2.75) is 25.8 Å². The molecule has 2 aromatic rings. The van der Waals surface area contributed by atoms with Crippen LogP contribution < -0.4 is 20.5 Å². The zero-order valence-electron chi connectivity index (χ0n) is 13.3. The predicted octanol–water partition coefficient (Wildman–Crippen LogP) is 4.16. The van der Waals surface area contributed by atoms with Gasteiger partial charge in [-0.25, -0.2) is 0 Å². The van der Waals surface area contributed by atoms with E-state index in [0.29, 0.717) is 0 Å². The van der Waals surface area contributed by atoms with Crippen molar-refractivity contribution in [2.24, 2.45) is 5.73 Å². The Balaban J connectivity index is 2.37. The lowest BCUT2D eigenvalue weighted by molar-refractivity contribution is 0.358. The molecule has 0 spiro atoms. The molecule has 0 fully saturated rings. The first-order valence-electron chi connectivity index (χ1n) is 7.40. The lowest BCUT2D eigenvalue weighted by atomic mass is 10.1. The van der Waals surface area contributed by atoms with E-state index in [4.69, 9.17) is 15.2 Å². The Labute approximate surface area is 140 Å². The molecule has 0 radical (unpaired) electrons. The minimum atomic E-state index is 0.234. The molecule has 0 amide bonds. The van der Waals surface area contributed by atoms with E-state index < -0.39 is 0 Å². The molecule has 0 saturated heterocycles. The van der Waals surface area contributed by atoms with E-state index in [1.165, 1.54) is 0 Å². The maximum atomic E-state index is 5.80. The van der Waals surface area contributed by atoms with Gasteiger partial charge in [0.1, 0.15) is 0 Å². The number of hydrogen-bond donors (Lipinski definition) is 2. The van der Waals surface area contributed by atoms with Crippen LogP contribution in [0.2, 0.25) is 0 Å². The van der Waals surface area contributed by atoms with E-state index in [9.17, 15) is 0 Å². The van der Waals surface area contributed by atoms with Gasteiger partial charge in [0.05, 0.1) is 14.2 Å². The summed E-state index contributed by atoms with van der Waals surface area (Å²) in [6, 6.07) is 8.35. The number of rotatable bonds is 7. The van der Waals surface area contributed by atoms with Gasteiger partial charge >= 0.3 is 0 Å². The van der Waals surface area contributed by atoms with Gasteiger partial charge in [0.15, 0.2) is 11.5 Å². The molecular formula is C17H23BrN2O2. The highest BCUT2D eigenvalue weighted by molar-refractivity contribution is 9.10. The fraction of sp³-hybridized carbons (Fsp3) is 0.412. The second-order valence-electron chi connectivity index (χ2n) is 5.40. The normalized spacial score (nSPS) is 12.2. The highest BCUT2D eigenvalue weighted by Gasteiger charge is 2.13. The first-order chi connectivity index (χ1) is 10.6. The Morgan fingerprint density at radius 2 is 1.95 bits per heavy atom. The van der Waals surface area contributed by atoms with Crippen LogP contribution in [-0.2, 0) is 0 Å². The van der Waals surface area contributed by atoms with E-state index in [-0.39, 0.29) is 6.04 Å². The number of anilines is 1. The average Bonchev–Trinajstić information content (AvgIpc) is 2.50. The van der Waals surface area contributed by atoms with Gasteiger partial charge in [-0.1, -0.05) is 15.9 Å². The summed E-state index contributed by atoms with van der Waals surface area (Å²) in [6.45, 7) is 2.90. The molecule has 0 unspecified atom stereocenters. The Morgan fingerprint density at radius 3 is 2.59 bits per heavy atom. The highest BCUT2D eigenvalue weighted by Crippen LogP contribution is 2.41. The van der Waals surface area contributed by atoms with Crippen LogP contribution in [0.5, 0.6) is 11.5 Å². The third-order valence-electron chi connectivity index (χ3n) is 3.59. The maximum absolute atomic E-state index is 5.80. The van der Waals surface area contributed by atoms with Gasteiger partial charge in [0.25, 0.3) is 0 Å². The molecule has 120 valence electrons. The third-order valence-corrected chi connectivity index (χ3v) is 4.08. The minimum absolute atomic E-state index is 0.234. The molecule has 0 heterocycles. The number of halogens is 1. The molecule has 0 bridgehead atoms. The number of fused-ring (bicyclic) bond motifs is 1. The molecule has 0 aliphatic heterocycles. The fourth-order valence-corrected chi connectivity index (χ4v) is 2.86. The quantitative estimate of drug-likeness (QED) is 0.722. The molecular weight excluding hydrogens is 344 g/mol. The molecule has 0 aromatic heterocycles. The van der Waals surface area contributed by atoms with E-state index in [2.05, 4.69) is 27.3 Å². The summed E-state index contributed by atoms with van der Waals surface area (Å²) in [7, 11) is 3.32. The Morgan fingerprint density at radius 1 is 1.18 bits per heavy atom. The van der Waals surface area contributed by atoms with Gasteiger partial charge in [0, 0.05) is 39.6 Å². The van der Waals surface area contributed by atoms with Crippen molar-refractivity contribution in [3.8, 4) is 11.5 Å². The summed E-state index contributed by atoms with van der Waals surface area (Å²) in [5.74, 6) is 1.48. The summed E-state index contributed by atoms with van der Waals surface area (Å²) < 4.78 is 12.0. The highest BCUT2D eigenvalue weighted by atomic mass is 79.9. The molecule has 3 N–H and O–H groups in total. The predicted molar refractivity (Wildman–Crippen MR) is 96.1 cm³/mol. The zero-order chi connectivity index (χ0) is 16.1. The second-order valence-corrected chi connectivity index (χ2v) is 6.31. The standard InChI is InChI=1S/C17H23BrN2O2/c1-11(19)5-4-8-20-15-10-16(21-2)17(22-3)13-7-6-12(18)9-14(13)15/h6-7,9-11,20H,4-5,8,19H2,1-3H3/t11-/m0/s1. The topological polar surface area (TPSA) is 56.5 Å². The number of nitrogens with two attached hydrogens (primary N) is 1. The summed E-state index contributed by atoms with van der Waals surface area (Å²) in [5, 5.41) is 5.62. The van der Waals surface area contributed by atoms with Gasteiger partial charge in [-0.3, -0.25) is 0 Å². The van der Waals surface area contributed by atoms with E-state index in [1.807, 2.05) is 25.1 Å². The van der Waals surface area contributed by atoms with Crippen LogP contribution in [0.3, 0.4) is 0 Å². The van der Waals surface area contributed by atoms with Crippen molar-refractivity contribution >= 4 is 32.4 Å². The van der Waals surface area contributed by atoms with Crippen LogP contribution in [0.1, 0.15) is 19.8 Å². The van der Waals surface area contributed by atoms with Gasteiger partial charge in [0.2, 0.25) is 0 Å². The summed E-state index contributed by atoms with van der Waals surface area (Å²) in [4.78, 5) is 0. The SMILES string of the molecule is COc1cc(NCCC[C@H](C)N)c2cc(Br)ccc2c1OC. The monoisotopic (exact) mass is 366 g/mol. The van der Waals surface area contributed by atoms with Crippen LogP contribution in [-0.4, -0.2) is 26.8 Å². The molecule has 5 heteroatoms. The van der Waals surface area contributed by atoms with Crippen LogP contribution in [0.25, 0.3) is 10.8 Å². The number of benzene rings is 2. The summed E-state index contributed by atoms with van der Waals surface area (Å²) >= 11 is 3.53. The average molecular weight is 367 g/mol. The molecule has 4 nitrogen and oxygen atoms in total. The van der Waals surface area contributed by atoms with Crippen molar-refractivity contribution in [3.63, 3.8) is 0 Å². The fourth-order valence-electron chi connectivity index (χ4n) is 2.50. The second kappa shape index (κ2) is 7.70. The molecule has 22 heavy (non-hydrogen) atoms. The molecule has 0 saturated carbocycles. The summed E-state index contributed by atoms with van der Waals surface area (Å²) in [5.41, 5.74) is 6.84. The van der Waals surface area contributed by atoms with Crippen LogP contribution >= 0.6 is 15.9 Å². The Hall–Kier alpha value is -1.46. The lowest BCUT2D eigenvalue weighted by Crippen LogP contribution is -2.16. The number of hydrogen-bond acceptors (Lipinski definition) is 4. The van der Waals surface area contributed by atoms with Gasteiger partial charge in [-0.05, 0) is 38.0 Å². The smallest absolute Gasteiger partial charge is 0.168 e. The van der Waals surface area contributed by atoms with E-state index >= 15 is 0 Å². The Kier molecular flexibility index (Phi) is 5.91. The number of methoxy groups -OCH3 is 2. The van der Waals surface area contributed by atoms with Crippen molar-refractivity contribution in [1.29, 1.82) is 0 Å². The van der Waals surface area contributed by atoms with E-state index in [1.54, 1.807) is 14.2 Å². The van der Waals surface area contributed by atoms with Gasteiger partial charge in [-0.2, -0.15) is 0 Å². The van der Waals surface area contributed by atoms with Crippen molar-refractivity contribution in [2.75, 3.05) is 26.1 Å². The lowest BCUT2D eigenvalue weighted by Gasteiger charge is -2.16. The van der Waals surface area contributed by atoms with Crippen LogP contribution in [0.15, 0.2) is 28.7 Å². The number of ether oxygens (including phenoxy) is 2. The zero-order valence-corrected chi connectivity index (χ0v) is 14.9. The molecule has 2 rings (SSSR count). The molecule has 0 aliphatic carbocycles. The van der Waals surface area contributed by atoms with Gasteiger partial charge in [-0.15, -0.1) is 0 Å². The van der Waals surface area contributed by atoms with Crippen LogP contribution in [0, 0.1) is 0 Å². The molecule has 0 aliphatic rings. The molecule has 1 atom stereocenters. The first-order valence-corrected chi connectivity index (χ1v) is 8.19. The molecule has 2 aromatic carbocycles. The third kappa shape index (κ3) is 3.84. The van der Waals surface area contributed by atoms with Crippen molar-refractivity contribution < 1.29 is 9.47 Å². The van der Waals surface area contributed by atoms with Crippen molar-refractivity contribution in [3.05, 3.63) is 28.7 Å². The largest absolute Gasteiger partial charge is 0.493 e. The maximum Gasteiger partial charge on any atom is 0.168 e.